The smallest absolute Gasteiger partial charge is 0.269 e. The molecule has 390 valence electrons. The van der Waals surface area contributed by atoms with Crippen LogP contribution in [0.3, 0.4) is 0 Å². The fraction of sp³-hybridized carbons (Fsp3) is 0.443. The molecule has 5 aromatic carbocycles. The highest BCUT2D eigenvalue weighted by molar-refractivity contribution is 7.99. The van der Waals surface area contributed by atoms with Crippen molar-refractivity contribution in [1.82, 2.24) is 4.90 Å². The number of unbranched alkanes of at least 4 members (excludes halogenated alkanes) is 2. The summed E-state index contributed by atoms with van der Waals surface area (Å²) in [5, 5.41) is 39.0. The van der Waals surface area contributed by atoms with E-state index in [4.69, 9.17) is 24.2 Å². The van der Waals surface area contributed by atoms with Crippen molar-refractivity contribution in [3.05, 3.63) is 166 Å². The normalized spacial score (nSPS) is 22.6. The molecule has 0 aromatic heterocycles. The van der Waals surface area contributed by atoms with Crippen LogP contribution < -0.4 is 9.47 Å². The molecule has 6 atom stereocenters. The molecule has 12 nitrogen and oxygen atoms in total. The lowest BCUT2D eigenvalue weighted by atomic mass is 9.55. The Labute approximate surface area is 440 Å². The molecule has 0 saturated heterocycles. The number of thioether (sulfide) groups is 1. The van der Waals surface area contributed by atoms with E-state index < -0.39 is 22.7 Å². The number of hydrogen-bond donors (Lipinski definition) is 2. The number of oxime groups is 1. The third kappa shape index (κ3) is 12.2. The molecule has 3 aliphatic carbocycles. The van der Waals surface area contributed by atoms with Gasteiger partial charge in [-0.15, -0.1) is 18.3 Å². The highest BCUT2D eigenvalue weighted by atomic mass is 32.2. The fourth-order valence-electron chi connectivity index (χ4n) is 12.2. The molecular weight excluding hydrogens is 951 g/mol. The first kappa shape index (κ1) is 52.9. The minimum Gasteiger partial charge on any atom is -0.493 e. The van der Waals surface area contributed by atoms with Crippen molar-refractivity contribution in [3.8, 4) is 11.5 Å². The van der Waals surface area contributed by atoms with Crippen molar-refractivity contribution < 1.29 is 39.0 Å². The number of carbonyl (C=O) groups is 1. The average molecular weight is 1020 g/mol. The zero-order chi connectivity index (χ0) is 51.3. The molecule has 2 fully saturated rings. The van der Waals surface area contributed by atoms with Crippen molar-refractivity contribution >= 4 is 39.8 Å². The fourth-order valence-corrected chi connectivity index (χ4v) is 13.0. The molecule has 0 spiro atoms. The molecular formula is C61H71N3O9S. The lowest BCUT2D eigenvalue weighted by Crippen LogP contribution is -2.70. The molecule has 2 saturated carbocycles. The Morgan fingerprint density at radius 3 is 2.43 bits per heavy atom. The van der Waals surface area contributed by atoms with Crippen LogP contribution in [0.1, 0.15) is 106 Å². The number of nitrogens with zero attached hydrogens (tertiary/aromatic N) is 3. The number of nitro groups is 1. The van der Waals surface area contributed by atoms with E-state index in [-0.39, 0.29) is 62.2 Å². The van der Waals surface area contributed by atoms with Crippen LogP contribution in [0.5, 0.6) is 11.5 Å². The number of aliphatic hydroxyl groups is 2. The van der Waals surface area contributed by atoms with Gasteiger partial charge >= 0.3 is 0 Å². The standard InChI is InChI=1S/C61H71N3O9S/c1-2-35-71-61-57(63(58(67)32-27-43-15-6-7-16-43)41-47-20-14-19-45-17-8-9-23-51(45)47)40-55(62-72-42-44-25-28-48(29-26-44)64(68)69)53-38-46(18-10-12-33-65)52(24-11-13-34-66)59(60(53)61)54-39-49(30-31-56(54)73-61)70-36-37-74-50-21-4-3-5-22-50/h2-5,8-9,14,17,19-23,25-26,28-31,38-39,43,46,52,57,59-60,65-66H,1,6-7,10-13,15-16,18,24,27,32-37,40-42H2. The molecule has 13 heteroatoms. The number of ether oxygens (including phenoxy) is 3. The van der Waals surface area contributed by atoms with Crippen molar-refractivity contribution in [3.63, 3.8) is 0 Å². The number of fused-ring (bicyclic) bond motifs is 3. The van der Waals surface area contributed by atoms with Crippen molar-refractivity contribution in [2.24, 2.45) is 28.8 Å². The number of amides is 1. The predicted octanol–water partition coefficient (Wildman–Crippen LogP) is 12.8. The maximum Gasteiger partial charge on any atom is 0.269 e. The van der Waals surface area contributed by atoms with Gasteiger partial charge in [-0.1, -0.05) is 116 Å². The lowest BCUT2D eigenvalue weighted by Gasteiger charge is -2.60. The summed E-state index contributed by atoms with van der Waals surface area (Å²) >= 11 is 1.75. The maximum atomic E-state index is 15.6. The average Bonchev–Trinajstić information content (AvgIpc) is 3.99. The molecule has 4 aliphatic rings. The van der Waals surface area contributed by atoms with Crippen LogP contribution in [0.4, 0.5) is 5.69 Å². The van der Waals surface area contributed by atoms with Gasteiger partial charge in [0.2, 0.25) is 11.7 Å². The van der Waals surface area contributed by atoms with Crippen LogP contribution in [0.25, 0.3) is 10.8 Å². The number of carbonyl (C=O) groups excluding carboxylic acids is 1. The largest absolute Gasteiger partial charge is 0.493 e. The van der Waals surface area contributed by atoms with Gasteiger partial charge in [0.15, 0.2) is 0 Å². The number of rotatable bonds is 26. The van der Waals surface area contributed by atoms with E-state index in [1.54, 1.807) is 30.0 Å². The Morgan fingerprint density at radius 1 is 0.905 bits per heavy atom. The Morgan fingerprint density at radius 2 is 1.66 bits per heavy atom. The van der Waals surface area contributed by atoms with Gasteiger partial charge in [-0.2, -0.15) is 0 Å². The summed E-state index contributed by atoms with van der Waals surface area (Å²) in [6, 6.07) is 36.6. The first-order chi connectivity index (χ1) is 36.3. The number of aliphatic hydroxyl groups excluding tert-OH is 2. The quantitative estimate of drug-likeness (QED) is 0.0180. The molecule has 1 heterocycles. The summed E-state index contributed by atoms with van der Waals surface area (Å²) in [4.78, 5) is 36.3. The number of benzene rings is 5. The van der Waals surface area contributed by atoms with Crippen LogP contribution in [0.2, 0.25) is 0 Å². The van der Waals surface area contributed by atoms with Crippen LogP contribution in [0, 0.1) is 33.8 Å². The lowest BCUT2D eigenvalue weighted by molar-refractivity contribution is -0.384. The predicted molar refractivity (Wildman–Crippen MR) is 291 cm³/mol. The topological polar surface area (TPSA) is 153 Å². The molecule has 0 radical (unpaired) electrons. The molecule has 2 N–H and O–H groups in total. The van der Waals surface area contributed by atoms with Gasteiger partial charge in [-0.05, 0) is 120 Å². The Kier molecular flexibility index (Phi) is 18.2. The Hall–Kier alpha value is -5.99. The number of nitro benzene ring substituents is 1. The number of allylic oxidation sites excluding steroid dienone is 1. The molecule has 74 heavy (non-hydrogen) atoms. The number of non-ortho nitro benzene ring substituents is 1. The van der Waals surface area contributed by atoms with Crippen LogP contribution in [-0.2, 0) is 27.5 Å². The second kappa shape index (κ2) is 25.5. The first-order valence-corrected chi connectivity index (χ1v) is 27.8. The summed E-state index contributed by atoms with van der Waals surface area (Å²) in [7, 11) is 0. The van der Waals surface area contributed by atoms with Crippen LogP contribution in [0.15, 0.2) is 150 Å². The zero-order valence-electron chi connectivity index (χ0n) is 42.4. The van der Waals surface area contributed by atoms with E-state index in [9.17, 15) is 20.3 Å². The van der Waals surface area contributed by atoms with Crippen molar-refractivity contribution in [2.45, 2.75) is 119 Å². The van der Waals surface area contributed by atoms with Gasteiger partial charge in [-0.25, -0.2) is 0 Å². The highest BCUT2D eigenvalue weighted by Crippen LogP contribution is 2.62. The van der Waals surface area contributed by atoms with Gasteiger partial charge in [-0.3, -0.25) is 14.9 Å². The maximum absolute atomic E-state index is 15.6. The van der Waals surface area contributed by atoms with Crippen LogP contribution >= 0.6 is 11.8 Å². The minimum atomic E-state index is -1.43. The second-order valence-electron chi connectivity index (χ2n) is 20.3. The van der Waals surface area contributed by atoms with E-state index in [2.05, 4.69) is 61.2 Å². The monoisotopic (exact) mass is 1020 g/mol. The van der Waals surface area contributed by atoms with Crippen LogP contribution in [-0.4, -0.2) is 75.7 Å². The Bertz CT molecular complexity index is 2740. The zero-order valence-corrected chi connectivity index (χ0v) is 43.3. The second-order valence-corrected chi connectivity index (χ2v) is 21.5. The van der Waals surface area contributed by atoms with Gasteiger partial charge in [0.25, 0.3) is 5.69 Å². The molecule has 1 aliphatic heterocycles. The third-order valence-corrected chi connectivity index (χ3v) is 16.7. The Balaban J connectivity index is 1.20. The molecule has 0 bridgehead atoms. The van der Waals surface area contributed by atoms with E-state index in [1.807, 2.05) is 47.4 Å². The van der Waals surface area contributed by atoms with Crippen molar-refractivity contribution in [2.75, 3.05) is 32.2 Å². The summed E-state index contributed by atoms with van der Waals surface area (Å²) in [5.74, 6) is 0.616. The van der Waals surface area contributed by atoms with Gasteiger partial charge in [0.1, 0.15) is 24.1 Å². The van der Waals surface area contributed by atoms with E-state index in [0.717, 1.165) is 89.5 Å². The van der Waals surface area contributed by atoms with Gasteiger partial charge in [0, 0.05) is 66.9 Å². The van der Waals surface area contributed by atoms with E-state index in [0.29, 0.717) is 49.8 Å². The van der Waals surface area contributed by atoms with E-state index in [1.165, 1.54) is 29.9 Å². The number of hydrogen-bond acceptors (Lipinski definition) is 11. The van der Waals surface area contributed by atoms with Crippen molar-refractivity contribution in [1.29, 1.82) is 0 Å². The molecule has 9 rings (SSSR count). The van der Waals surface area contributed by atoms with Gasteiger partial charge < -0.3 is 34.2 Å². The molecule has 1 amide bonds. The van der Waals surface area contributed by atoms with Gasteiger partial charge in [0.05, 0.1) is 29.8 Å². The highest BCUT2D eigenvalue weighted by Gasteiger charge is 2.65. The summed E-state index contributed by atoms with van der Waals surface area (Å²) in [5.41, 5.74) is 4.35. The molecule has 6 unspecified atom stereocenters. The molecule has 5 aromatic rings. The summed E-state index contributed by atoms with van der Waals surface area (Å²) in [6.07, 6.45) is 14.7. The summed E-state index contributed by atoms with van der Waals surface area (Å²) in [6.45, 7) is 5.33. The SMILES string of the molecule is C=CCOC12Oc3ccc(OCCSc4ccccc4)cc3C3C(CCCCO)C(CCCCO)C=C(C(=NOCc4ccc([N+](=O)[O-])cc4)CC1N(Cc1cccc4ccccc14)C(=O)CCC1CCCC1)C32. The first-order valence-electron chi connectivity index (χ1n) is 26.8. The third-order valence-electron chi connectivity index (χ3n) is 15.7. The minimum absolute atomic E-state index is 0.00803. The van der Waals surface area contributed by atoms with E-state index >= 15 is 4.79 Å². The summed E-state index contributed by atoms with van der Waals surface area (Å²) < 4.78 is 21.5.